The summed E-state index contributed by atoms with van der Waals surface area (Å²) in [6.07, 6.45) is 0. The van der Waals surface area contributed by atoms with Crippen molar-refractivity contribution in [2.75, 3.05) is 6.54 Å². The number of rotatable bonds is 1. The highest BCUT2D eigenvalue weighted by atomic mass is 32.1. The highest BCUT2D eigenvalue weighted by Gasteiger charge is 1.77. The van der Waals surface area contributed by atoms with Crippen molar-refractivity contribution in [3.05, 3.63) is 0 Å². The number of hydrogen-bond acceptors (Lipinski definition) is 2. The minimum absolute atomic E-state index is 0. The van der Waals surface area contributed by atoms with Crippen LogP contribution in [0.25, 0.3) is 0 Å². The van der Waals surface area contributed by atoms with Gasteiger partial charge in [-0.15, -0.1) is 0 Å². The number of thiocarbonyl (C=S) groups is 2. The molecule has 0 amide bonds. The molecule has 0 fully saturated rings. The number of nitrogens with one attached hydrogen (secondary N) is 1. The van der Waals surface area contributed by atoms with E-state index < -0.39 is 5.17 Å². The van der Waals surface area contributed by atoms with Crippen LogP contribution < -0.4 is 11.1 Å². The maximum absolute atomic E-state index is 8.17. The molecule has 0 saturated heterocycles. The van der Waals surface area contributed by atoms with Crippen LogP contribution in [0.4, 0.5) is 0 Å². The van der Waals surface area contributed by atoms with Crippen molar-refractivity contribution in [3.8, 4) is 0 Å². The maximum Gasteiger partial charge on any atom is 0.254 e. The van der Waals surface area contributed by atoms with Gasteiger partial charge in [-0.1, -0.05) is 7.43 Å². The Morgan fingerprint density at radius 2 is 1.73 bits per heavy atom. The zero-order valence-electron chi connectivity index (χ0n) is 5.50. The first-order valence-electron chi connectivity index (χ1n) is 2.45. The van der Waals surface area contributed by atoms with Crippen molar-refractivity contribution >= 4 is 34.8 Å². The van der Waals surface area contributed by atoms with E-state index >= 15 is 0 Å². The summed E-state index contributed by atoms with van der Waals surface area (Å²) in [5.41, 5.74) is 4.40. The molecule has 0 aliphatic heterocycles. The van der Waals surface area contributed by atoms with Crippen LogP contribution in [0, 0.1) is 0 Å². The van der Waals surface area contributed by atoms with E-state index in [1.165, 1.54) is 0 Å². The molecule has 0 aliphatic rings. The summed E-state index contributed by atoms with van der Waals surface area (Å²) in [6, 6.07) is 0. The number of nitrogens with two attached hydrogens (primary N) is 1. The lowest BCUT2D eigenvalue weighted by atomic mass is 10.8. The van der Waals surface area contributed by atoms with Crippen molar-refractivity contribution in [3.63, 3.8) is 0 Å². The fourth-order valence-electron chi connectivity index (χ4n) is 0.151. The first-order chi connectivity index (χ1) is 4.50. The molecule has 0 atom stereocenters. The van der Waals surface area contributed by atoms with E-state index in [2.05, 4.69) is 35.5 Å². The summed E-state index contributed by atoms with van der Waals surface area (Å²) in [7, 11) is 0. The summed E-state index contributed by atoms with van der Waals surface area (Å²) in [5, 5.41) is 17.6. The van der Waals surface area contributed by atoms with Gasteiger partial charge in [0.2, 0.25) is 0 Å². The largest absolute Gasteiger partial charge is 0.487 e. The number of aliphatic hydroxyl groups excluding tert-OH is 2. The topological polar surface area (TPSA) is 78.5 Å². The lowest BCUT2D eigenvalue weighted by molar-refractivity contribution is 0.535. The highest BCUT2D eigenvalue weighted by Crippen LogP contribution is 1.56. The monoisotopic (exact) mass is 198 g/mol. The third-order valence-corrected chi connectivity index (χ3v) is 0.472. The van der Waals surface area contributed by atoms with Gasteiger partial charge in [0, 0.05) is 6.54 Å². The molecule has 0 radical (unpaired) electrons. The summed E-state index contributed by atoms with van der Waals surface area (Å²) < 4.78 is 0. The molecule has 0 aromatic heterocycles. The fraction of sp³-hybridized carbons (Fsp3) is 0.600. The van der Waals surface area contributed by atoms with Gasteiger partial charge in [0.05, 0.1) is 0 Å². The van der Waals surface area contributed by atoms with Gasteiger partial charge in [0.1, 0.15) is 0 Å². The average Bonchev–Trinajstić information content (AvgIpc) is 1.62. The maximum atomic E-state index is 8.17. The minimum atomic E-state index is -0.500. The third kappa shape index (κ3) is 90.2. The van der Waals surface area contributed by atoms with E-state index in [4.69, 9.17) is 10.2 Å². The van der Waals surface area contributed by atoms with Crippen LogP contribution in [0.1, 0.15) is 14.4 Å². The van der Waals surface area contributed by atoms with Gasteiger partial charge in [-0.2, -0.15) is 0 Å². The van der Waals surface area contributed by atoms with Crippen LogP contribution in [0.5, 0.6) is 0 Å². The second kappa shape index (κ2) is 12.1. The molecule has 0 heterocycles. The lowest BCUT2D eigenvalue weighted by Gasteiger charge is -1.91. The van der Waals surface area contributed by atoms with Gasteiger partial charge >= 0.3 is 0 Å². The predicted molar refractivity (Wildman–Crippen MR) is 55.0 cm³/mol. The van der Waals surface area contributed by atoms with Gasteiger partial charge in [-0.3, -0.25) is 0 Å². The molecular weight excluding hydrogens is 184 g/mol. The predicted octanol–water partition coefficient (Wildman–Crippen LogP) is 0.863. The molecule has 0 aromatic carbocycles. The van der Waals surface area contributed by atoms with E-state index in [1.54, 1.807) is 0 Å². The summed E-state index contributed by atoms with van der Waals surface area (Å²) in [6.45, 7) is 2.55. The summed E-state index contributed by atoms with van der Waals surface area (Å²) in [4.78, 5) is 0. The Balaban J connectivity index is -0.000000114. The van der Waals surface area contributed by atoms with Gasteiger partial charge in [0.15, 0.2) is 0 Å². The molecule has 0 bridgehead atoms. The van der Waals surface area contributed by atoms with E-state index in [9.17, 15) is 0 Å². The van der Waals surface area contributed by atoms with Crippen molar-refractivity contribution < 1.29 is 10.2 Å². The van der Waals surface area contributed by atoms with Crippen LogP contribution in [-0.2, 0) is 0 Å². The molecule has 11 heavy (non-hydrogen) atoms. The molecule has 68 valence electrons. The highest BCUT2D eigenvalue weighted by molar-refractivity contribution is 7.80. The minimum Gasteiger partial charge on any atom is -0.487 e. The SMILES string of the molecule is C.CCNC(O)=S.NC(O)=S. The number of hydrogen-bond donors (Lipinski definition) is 4. The van der Waals surface area contributed by atoms with Crippen molar-refractivity contribution in [2.24, 2.45) is 5.73 Å². The third-order valence-electron chi connectivity index (χ3n) is 0.328. The van der Waals surface area contributed by atoms with Gasteiger partial charge in [0.25, 0.3) is 10.3 Å². The zero-order valence-corrected chi connectivity index (χ0v) is 7.13. The van der Waals surface area contributed by atoms with Gasteiger partial charge < -0.3 is 21.3 Å². The van der Waals surface area contributed by atoms with Crippen molar-refractivity contribution in [2.45, 2.75) is 14.4 Å². The first-order valence-corrected chi connectivity index (χ1v) is 3.27. The summed E-state index contributed by atoms with van der Waals surface area (Å²) >= 11 is 8.11. The Labute approximate surface area is 77.4 Å². The normalized spacial score (nSPS) is 6.27. The van der Waals surface area contributed by atoms with Crippen LogP contribution in [0.3, 0.4) is 0 Å². The fourth-order valence-corrected chi connectivity index (χ4v) is 0.296. The van der Waals surface area contributed by atoms with Crippen molar-refractivity contribution in [1.29, 1.82) is 0 Å². The second-order valence-corrected chi connectivity index (χ2v) is 1.98. The van der Waals surface area contributed by atoms with Crippen molar-refractivity contribution in [1.82, 2.24) is 5.32 Å². The molecule has 0 unspecified atom stereocenters. The molecule has 0 aromatic rings. The molecule has 0 rings (SSSR count). The lowest BCUT2D eigenvalue weighted by Crippen LogP contribution is -2.18. The number of aliphatic hydroxyl groups is 2. The molecular formula is C5H14N2O2S2. The van der Waals surface area contributed by atoms with Gasteiger partial charge in [-0.25, -0.2) is 0 Å². The Kier molecular flexibility index (Phi) is 18.4. The Morgan fingerprint density at radius 3 is 1.73 bits per heavy atom. The van der Waals surface area contributed by atoms with E-state index in [-0.39, 0.29) is 12.6 Å². The van der Waals surface area contributed by atoms with Crippen LogP contribution in [0.15, 0.2) is 0 Å². The van der Waals surface area contributed by atoms with Crippen LogP contribution in [0.2, 0.25) is 0 Å². The molecule has 0 saturated carbocycles. The van der Waals surface area contributed by atoms with Gasteiger partial charge in [-0.05, 0) is 31.4 Å². The van der Waals surface area contributed by atoms with E-state index in [1.807, 2.05) is 6.92 Å². The quantitative estimate of drug-likeness (QED) is 0.468. The second-order valence-electron chi connectivity index (χ2n) is 1.17. The van der Waals surface area contributed by atoms with E-state index in [0.29, 0.717) is 6.54 Å². The average molecular weight is 198 g/mol. The smallest absolute Gasteiger partial charge is 0.254 e. The standard InChI is InChI=1S/C3H7NOS.CH3NOS.CH4/c1-2-4-3(5)6;2-1(3)4;/h2H2,1H3,(H2,4,5,6);(H3,2,3,4);1H4. The summed E-state index contributed by atoms with van der Waals surface area (Å²) in [5.74, 6) is 0. The van der Waals surface area contributed by atoms with Crippen LogP contribution in [-0.4, -0.2) is 27.1 Å². The Morgan fingerprint density at radius 1 is 1.45 bits per heavy atom. The molecule has 6 heteroatoms. The zero-order chi connectivity index (χ0) is 8.57. The Hall–Kier alpha value is -0.620. The molecule has 0 spiro atoms. The van der Waals surface area contributed by atoms with E-state index in [0.717, 1.165) is 0 Å². The Bertz CT molecular complexity index is 115. The molecule has 0 aliphatic carbocycles. The molecule has 4 nitrogen and oxygen atoms in total. The first kappa shape index (κ1) is 16.8. The van der Waals surface area contributed by atoms with Crippen LogP contribution >= 0.6 is 24.4 Å². The molecule has 5 N–H and O–H groups in total.